The highest BCUT2D eigenvalue weighted by molar-refractivity contribution is 5.79. The summed E-state index contributed by atoms with van der Waals surface area (Å²) < 4.78 is 0. The number of rotatable bonds is 2. The molecule has 1 aliphatic carbocycles. The van der Waals surface area contributed by atoms with Crippen molar-refractivity contribution in [1.82, 2.24) is 4.90 Å². The lowest BCUT2D eigenvalue weighted by Crippen LogP contribution is -2.37. The third kappa shape index (κ3) is 3.33. The molecule has 2 fully saturated rings. The van der Waals surface area contributed by atoms with E-state index in [1.165, 1.54) is 0 Å². The highest BCUT2D eigenvalue weighted by atomic mass is 16.4. The molecule has 4 nitrogen and oxygen atoms in total. The topological polar surface area (TPSA) is 57.6 Å². The molecule has 1 saturated carbocycles. The number of aliphatic carboxylic acids is 1. The molecule has 2 rings (SSSR count). The second-order valence-electron chi connectivity index (χ2n) is 7.52. The van der Waals surface area contributed by atoms with Gasteiger partial charge in [0.15, 0.2) is 0 Å². The normalized spacial score (nSPS) is 31.4. The summed E-state index contributed by atoms with van der Waals surface area (Å²) in [5.41, 5.74) is 0.260. The monoisotopic (exact) mass is 281 g/mol. The summed E-state index contributed by atoms with van der Waals surface area (Å²) in [6.45, 7) is 8.47. The van der Waals surface area contributed by atoms with Crippen molar-refractivity contribution in [1.29, 1.82) is 0 Å². The van der Waals surface area contributed by atoms with Crippen molar-refractivity contribution in [3.05, 3.63) is 0 Å². The highest BCUT2D eigenvalue weighted by Gasteiger charge is 2.37. The van der Waals surface area contributed by atoms with Crippen molar-refractivity contribution in [2.75, 3.05) is 13.1 Å². The van der Waals surface area contributed by atoms with Gasteiger partial charge in [0.2, 0.25) is 5.91 Å². The van der Waals surface area contributed by atoms with E-state index in [1.54, 1.807) is 0 Å². The molecular weight excluding hydrogens is 254 g/mol. The average molecular weight is 281 g/mol. The molecule has 1 heterocycles. The zero-order valence-electron chi connectivity index (χ0n) is 12.9. The van der Waals surface area contributed by atoms with E-state index in [0.29, 0.717) is 18.8 Å². The van der Waals surface area contributed by atoms with Crippen LogP contribution in [0.4, 0.5) is 0 Å². The van der Waals surface area contributed by atoms with Gasteiger partial charge in [-0.15, -0.1) is 0 Å². The Morgan fingerprint density at radius 3 is 2.00 bits per heavy atom. The van der Waals surface area contributed by atoms with Crippen molar-refractivity contribution in [2.24, 2.45) is 23.2 Å². The third-order valence-electron chi connectivity index (χ3n) is 5.15. The van der Waals surface area contributed by atoms with Crippen LogP contribution >= 0.6 is 0 Å². The number of hydrogen-bond acceptors (Lipinski definition) is 2. The summed E-state index contributed by atoms with van der Waals surface area (Å²) in [6.07, 6.45) is 3.89. The van der Waals surface area contributed by atoms with Gasteiger partial charge in [0.25, 0.3) is 0 Å². The number of carbonyl (C=O) groups is 2. The first-order chi connectivity index (χ1) is 9.29. The van der Waals surface area contributed by atoms with Crippen molar-refractivity contribution in [3.8, 4) is 0 Å². The maximum Gasteiger partial charge on any atom is 0.306 e. The van der Waals surface area contributed by atoms with E-state index in [4.69, 9.17) is 5.11 Å². The molecule has 0 aromatic carbocycles. The molecule has 0 spiro atoms. The fourth-order valence-corrected chi connectivity index (χ4v) is 3.51. The van der Waals surface area contributed by atoms with Crippen LogP contribution in [0.2, 0.25) is 0 Å². The Labute approximate surface area is 121 Å². The lowest BCUT2D eigenvalue weighted by Gasteiger charge is -2.30. The van der Waals surface area contributed by atoms with E-state index in [1.807, 2.05) is 4.90 Å². The van der Waals surface area contributed by atoms with E-state index < -0.39 is 5.97 Å². The molecule has 0 radical (unpaired) electrons. The van der Waals surface area contributed by atoms with Crippen molar-refractivity contribution < 1.29 is 14.7 Å². The highest BCUT2D eigenvalue weighted by Crippen LogP contribution is 2.36. The summed E-state index contributed by atoms with van der Waals surface area (Å²) in [6, 6.07) is 0. The summed E-state index contributed by atoms with van der Waals surface area (Å²) in [7, 11) is 0. The fraction of sp³-hybridized carbons (Fsp3) is 0.875. The van der Waals surface area contributed by atoms with Crippen LogP contribution in [0.5, 0.6) is 0 Å². The quantitative estimate of drug-likeness (QED) is 0.846. The molecule has 114 valence electrons. The predicted molar refractivity (Wildman–Crippen MR) is 77.2 cm³/mol. The minimum absolute atomic E-state index is 0.0596. The minimum Gasteiger partial charge on any atom is -0.481 e. The van der Waals surface area contributed by atoms with Gasteiger partial charge in [0, 0.05) is 19.0 Å². The molecule has 1 N–H and O–H groups in total. The Bertz CT molecular complexity index is 378. The second kappa shape index (κ2) is 5.74. The molecule has 0 bridgehead atoms. The molecule has 4 heteroatoms. The standard InChI is InChI=1S/C16H27NO3/c1-16(2,3)13-8-9-17(10-13)14(18)11-4-6-12(7-5-11)15(19)20/h11-13H,4-10H2,1-3H3,(H,19,20). The van der Waals surface area contributed by atoms with Crippen LogP contribution in [0.15, 0.2) is 0 Å². The van der Waals surface area contributed by atoms with Gasteiger partial charge in [-0.25, -0.2) is 0 Å². The molecule has 20 heavy (non-hydrogen) atoms. The molecule has 1 amide bonds. The van der Waals surface area contributed by atoms with Gasteiger partial charge >= 0.3 is 5.97 Å². The van der Waals surface area contributed by atoms with Gasteiger partial charge in [-0.3, -0.25) is 9.59 Å². The Balaban J connectivity index is 1.86. The lowest BCUT2D eigenvalue weighted by molar-refractivity contribution is -0.145. The van der Waals surface area contributed by atoms with Gasteiger partial charge in [-0.2, -0.15) is 0 Å². The minimum atomic E-state index is -0.704. The number of carbonyl (C=O) groups excluding carboxylic acids is 1. The van der Waals surface area contributed by atoms with Crippen molar-refractivity contribution in [3.63, 3.8) is 0 Å². The first-order valence-electron chi connectivity index (χ1n) is 7.80. The molecule has 0 aromatic heterocycles. The van der Waals surface area contributed by atoms with Crippen LogP contribution in [-0.2, 0) is 9.59 Å². The van der Waals surface area contributed by atoms with Gasteiger partial charge in [0.05, 0.1) is 5.92 Å². The maximum absolute atomic E-state index is 12.5. The van der Waals surface area contributed by atoms with Gasteiger partial charge < -0.3 is 10.0 Å². The smallest absolute Gasteiger partial charge is 0.306 e. The van der Waals surface area contributed by atoms with Gasteiger partial charge in [0.1, 0.15) is 0 Å². The van der Waals surface area contributed by atoms with Crippen LogP contribution in [-0.4, -0.2) is 35.0 Å². The number of likely N-dealkylation sites (tertiary alicyclic amines) is 1. The Morgan fingerprint density at radius 2 is 1.55 bits per heavy atom. The average Bonchev–Trinajstić information content (AvgIpc) is 2.87. The summed E-state index contributed by atoms with van der Waals surface area (Å²) >= 11 is 0. The number of hydrogen-bond donors (Lipinski definition) is 1. The number of amides is 1. The number of nitrogens with zero attached hydrogens (tertiary/aromatic N) is 1. The van der Waals surface area contributed by atoms with Crippen molar-refractivity contribution >= 4 is 11.9 Å². The van der Waals surface area contributed by atoms with E-state index in [0.717, 1.165) is 32.4 Å². The van der Waals surface area contributed by atoms with Gasteiger partial charge in [-0.1, -0.05) is 20.8 Å². The zero-order valence-corrected chi connectivity index (χ0v) is 12.9. The van der Waals surface area contributed by atoms with Crippen LogP contribution < -0.4 is 0 Å². The lowest BCUT2D eigenvalue weighted by atomic mass is 9.80. The third-order valence-corrected chi connectivity index (χ3v) is 5.15. The SMILES string of the molecule is CC(C)(C)C1CCN(C(=O)C2CCC(C(=O)O)CC2)C1. The van der Waals surface area contributed by atoms with E-state index >= 15 is 0 Å². The second-order valence-corrected chi connectivity index (χ2v) is 7.52. The van der Waals surface area contributed by atoms with Crippen LogP contribution in [0.3, 0.4) is 0 Å². The molecule has 1 atom stereocenters. The number of carboxylic acid groups (broad SMARTS) is 1. The first kappa shape index (κ1) is 15.3. The molecule has 1 unspecified atom stereocenters. The van der Waals surface area contributed by atoms with Crippen LogP contribution in [0.25, 0.3) is 0 Å². The maximum atomic E-state index is 12.5. The zero-order chi connectivity index (χ0) is 14.9. The molecule has 2 aliphatic rings. The molecule has 1 aliphatic heterocycles. The van der Waals surface area contributed by atoms with E-state index in [-0.39, 0.29) is 23.2 Å². The molecule has 1 saturated heterocycles. The first-order valence-corrected chi connectivity index (χ1v) is 7.80. The summed E-state index contributed by atoms with van der Waals surface area (Å²) in [5.74, 6) is -0.0310. The van der Waals surface area contributed by atoms with Crippen LogP contribution in [0, 0.1) is 23.2 Å². The molecular formula is C16H27NO3. The molecule has 0 aromatic rings. The van der Waals surface area contributed by atoms with Crippen LogP contribution in [0.1, 0.15) is 52.9 Å². The summed E-state index contributed by atoms with van der Waals surface area (Å²) in [4.78, 5) is 25.5. The van der Waals surface area contributed by atoms with Crippen molar-refractivity contribution in [2.45, 2.75) is 52.9 Å². The largest absolute Gasteiger partial charge is 0.481 e. The Morgan fingerprint density at radius 1 is 1.00 bits per heavy atom. The fourth-order valence-electron chi connectivity index (χ4n) is 3.51. The summed E-state index contributed by atoms with van der Waals surface area (Å²) in [5, 5.41) is 9.00. The van der Waals surface area contributed by atoms with E-state index in [9.17, 15) is 9.59 Å². The predicted octanol–water partition coefficient (Wildman–Crippen LogP) is 2.77. The van der Waals surface area contributed by atoms with Gasteiger partial charge in [-0.05, 0) is 43.4 Å². The van der Waals surface area contributed by atoms with E-state index in [2.05, 4.69) is 20.8 Å². The number of carboxylic acids is 1. The Hall–Kier alpha value is -1.06. The Kier molecular flexibility index (Phi) is 4.40.